The van der Waals surface area contributed by atoms with Crippen molar-refractivity contribution in [2.24, 2.45) is 5.92 Å². The van der Waals surface area contributed by atoms with Gasteiger partial charge in [0.1, 0.15) is 0 Å². The van der Waals surface area contributed by atoms with E-state index >= 15 is 0 Å². The van der Waals surface area contributed by atoms with Gasteiger partial charge in [0.2, 0.25) is 0 Å². The summed E-state index contributed by atoms with van der Waals surface area (Å²) in [4.78, 5) is 0. The third-order valence-corrected chi connectivity index (χ3v) is 8.71. The van der Waals surface area contributed by atoms with Crippen LogP contribution < -0.4 is 5.32 Å². The highest BCUT2D eigenvalue weighted by molar-refractivity contribution is 6.32. The number of allylic oxidation sites excluding steroid dienone is 2. The monoisotopic (exact) mass is 469 g/mol. The molecule has 1 unspecified atom stereocenters. The first-order chi connectivity index (χ1) is 16.1. The van der Waals surface area contributed by atoms with Crippen LogP contribution in [0.3, 0.4) is 0 Å². The van der Waals surface area contributed by atoms with E-state index in [0.717, 1.165) is 35.2 Å². The van der Waals surface area contributed by atoms with E-state index in [4.69, 9.17) is 11.6 Å². The van der Waals surface area contributed by atoms with Crippen molar-refractivity contribution in [3.05, 3.63) is 58.9 Å². The zero-order valence-corrected chi connectivity index (χ0v) is 22.0. The number of benzene rings is 1. The lowest BCUT2D eigenvalue weighted by molar-refractivity contribution is 0.350. The number of hydrogen-bond donors (Lipinski definition) is 1. The Kier molecular flexibility index (Phi) is 11.4. The first-order valence-corrected chi connectivity index (χ1v) is 14.4. The highest BCUT2D eigenvalue weighted by Crippen LogP contribution is 2.42. The molecule has 3 fully saturated rings. The van der Waals surface area contributed by atoms with Gasteiger partial charge in [-0.2, -0.15) is 0 Å². The van der Waals surface area contributed by atoms with Crippen LogP contribution in [0.4, 0.5) is 0 Å². The van der Waals surface area contributed by atoms with Crippen molar-refractivity contribution in [3.63, 3.8) is 0 Å². The van der Waals surface area contributed by atoms with Crippen molar-refractivity contribution in [2.45, 2.75) is 128 Å². The maximum Gasteiger partial charge on any atom is 0.0479 e. The van der Waals surface area contributed by atoms with Crippen LogP contribution in [-0.2, 0) is 0 Å². The van der Waals surface area contributed by atoms with Crippen molar-refractivity contribution in [1.29, 1.82) is 0 Å². The Morgan fingerprint density at radius 2 is 1.33 bits per heavy atom. The van der Waals surface area contributed by atoms with E-state index in [9.17, 15) is 0 Å². The van der Waals surface area contributed by atoms with Crippen molar-refractivity contribution in [3.8, 4) is 0 Å². The second kappa shape index (κ2) is 14.2. The van der Waals surface area contributed by atoms with Crippen molar-refractivity contribution < 1.29 is 0 Å². The van der Waals surface area contributed by atoms with Crippen LogP contribution in [0.1, 0.15) is 139 Å². The molecule has 1 nitrogen and oxygen atoms in total. The van der Waals surface area contributed by atoms with E-state index in [1.165, 1.54) is 107 Å². The third-order valence-electron chi connectivity index (χ3n) is 8.27. The van der Waals surface area contributed by atoms with Crippen molar-refractivity contribution in [2.75, 3.05) is 0 Å². The Labute approximate surface area is 209 Å². The van der Waals surface area contributed by atoms with Crippen molar-refractivity contribution >= 4 is 11.6 Å². The van der Waals surface area contributed by atoms with Gasteiger partial charge in [-0.25, -0.2) is 0 Å². The highest BCUT2D eigenvalue weighted by Gasteiger charge is 2.26. The molecule has 1 N–H and O–H groups in total. The molecule has 184 valence electrons. The topological polar surface area (TPSA) is 12.0 Å². The van der Waals surface area contributed by atoms with Gasteiger partial charge in [0.05, 0.1) is 0 Å². The number of hydrogen-bond acceptors (Lipinski definition) is 1. The molecule has 2 aliphatic carbocycles. The minimum atomic E-state index is 0.302. The predicted octanol–water partition coefficient (Wildman–Crippen LogP) is 10.4. The molecular weight excluding hydrogens is 422 g/mol. The molecular formula is C31H48ClN. The predicted molar refractivity (Wildman–Crippen MR) is 146 cm³/mol. The van der Waals surface area contributed by atoms with Crippen molar-refractivity contribution in [1.82, 2.24) is 5.32 Å². The summed E-state index contributed by atoms with van der Waals surface area (Å²) in [5.41, 5.74) is 4.72. The Bertz CT molecular complexity index is 717. The lowest BCUT2D eigenvalue weighted by Gasteiger charge is -2.30. The Hall–Kier alpha value is -1.21. The minimum absolute atomic E-state index is 0.302. The molecule has 1 saturated heterocycles. The summed E-state index contributed by atoms with van der Waals surface area (Å²) in [6.07, 6.45) is 23.4. The molecule has 1 aromatic rings. The first kappa shape index (κ1) is 26.4. The second-order valence-corrected chi connectivity index (χ2v) is 11.1. The van der Waals surface area contributed by atoms with E-state index < -0.39 is 0 Å². The van der Waals surface area contributed by atoms with Crippen LogP contribution in [0.5, 0.6) is 0 Å². The number of rotatable bonds is 3. The second-order valence-electron chi connectivity index (χ2n) is 10.8. The lowest BCUT2D eigenvalue weighted by Crippen LogP contribution is -2.23. The summed E-state index contributed by atoms with van der Waals surface area (Å²) in [6.45, 7) is 10.6. The Balaban J connectivity index is 0.000000323. The zero-order valence-electron chi connectivity index (χ0n) is 21.3. The van der Waals surface area contributed by atoms with Crippen LogP contribution in [0.2, 0.25) is 5.02 Å². The van der Waals surface area contributed by atoms with Gasteiger partial charge in [-0.05, 0) is 48.6 Å². The van der Waals surface area contributed by atoms with E-state index in [0.29, 0.717) is 11.8 Å². The zero-order chi connectivity index (χ0) is 23.5. The molecule has 33 heavy (non-hydrogen) atoms. The van der Waals surface area contributed by atoms with Gasteiger partial charge in [-0.1, -0.05) is 133 Å². The molecule has 1 aliphatic heterocycles. The van der Waals surface area contributed by atoms with Gasteiger partial charge in [-0.3, -0.25) is 0 Å². The van der Waals surface area contributed by atoms with Crippen LogP contribution in [-0.4, -0.2) is 0 Å². The van der Waals surface area contributed by atoms with Gasteiger partial charge in [0, 0.05) is 22.3 Å². The van der Waals surface area contributed by atoms with Crippen LogP contribution in [0.15, 0.2) is 42.8 Å². The average molecular weight is 470 g/mol. The van der Waals surface area contributed by atoms with Gasteiger partial charge in [-0.15, -0.1) is 0 Å². The molecule has 3 aliphatic rings. The van der Waals surface area contributed by atoms with Gasteiger partial charge in [0.25, 0.3) is 0 Å². The molecule has 4 rings (SSSR count). The summed E-state index contributed by atoms with van der Waals surface area (Å²) < 4.78 is 0. The maximum atomic E-state index is 6.94. The standard InChI is InChI=1S/C23H32ClN.C8H16/c1-4-18-8-5-10-19(11-6-9-18)21-12-7-13-22(23(21)24)20-15-14-16(2)25-17(20)3;1-2-4-6-8-7-5-3-1/h7,12-13,18-20,25H,2-6,8-11,14-15H2,1H3;1-8H2. The molecule has 2 saturated carbocycles. The van der Waals surface area contributed by atoms with Crippen LogP contribution in [0, 0.1) is 5.92 Å². The Morgan fingerprint density at radius 1 is 0.788 bits per heavy atom. The molecule has 2 heteroatoms. The highest BCUT2D eigenvalue weighted by atomic mass is 35.5. The fourth-order valence-corrected chi connectivity index (χ4v) is 6.51. The summed E-state index contributed by atoms with van der Waals surface area (Å²) in [6, 6.07) is 6.64. The van der Waals surface area contributed by atoms with Gasteiger partial charge < -0.3 is 5.32 Å². The van der Waals surface area contributed by atoms with Crippen LogP contribution in [0.25, 0.3) is 0 Å². The minimum Gasteiger partial charge on any atom is -0.363 e. The van der Waals surface area contributed by atoms with E-state index in [1.54, 1.807) is 0 Å². The molecule has 0 radical (unpaired) electrons. The van der Waals surface area contributed by atoms with E-state index in [-0.39, 0.29) is 0 Å². The lowest BCUT2D eigenvalue weighted by atomic mass is 9.80. The fraction of sp³-hybridized carbons (Fsp3) is 0.677. The molecule has 1 aromatic carbocycles. The summed E-state index contributed by atoms with van der Waals surface area (Å²) in [5.74, 6) is 1.86. The first-order valence-electron chi connectivity index (χ1n) is 14.0. The van der Waals surface area contributed by atoms with E-state index in [2.05, 4.69) is 43.6 Å². The molecule has 0 bridgehead atoms. The molecule has 1 heterocycles. The molecule has 1 atom stereocenters. The van der Waals surface area contributed by atoms with Crippen LogP contribution >= 0.6 is 11.6 Å². The van der Waals surface area contributed by atoms with Gasteiger partial charge >= 0.3 is 0 Å². The number of piperidine rings is 1. The molecule has 0 amide bonds. The number of halogens is 1. The summed E-state index contributed by atoms with van der Waals surface area (Å²) in [7, 11) is 0. The summed E-state index contributed by atoms with van der Waals surface area (Å²) >= 11 is 6.94. The quantitative estimate of drug-likeness (QED) is 0.464. The van der Waals surface area contributed by atoms with E-state index in [1.807, 2.05) is 0 Å². The van der Waals surface area contributed by atoms with Gasteiger partial charge in [0.15, 0.2) is 0 Å². The maximum absolute atomic E-state index is 6.94. The molecule has 0 aromatic heterocycles. The average Bonchev–Trinajstić information content (AvgIpc) is 2.75. The summed E-state index contributed by atoms with van der Waals surface area (Å²) in [5, 5.41) is 4.32. The smallest absolute Gasteiger partial charge is 0.0479 e. The SMILES string of the molecule is C1CCCCCCC1.C=C1CCC(c2cccc(C3CCCC(CC)CCC3)c2Cl)C(=C)N1. The Morgan fingerprint density at radius 3 is 1.85 bits per heavy atom. The molecule has 0 spiro atoms. The number of nitrogens with one attached hydrogen (secondary N) is 1. The largest absolute Gasteiger partial charge is 0.363 e. The fourth-order valence-electron chi connectivity index (χ4n) is 6.09. The third kappa shape index (κ3) is 8.20. The normalized spacial score (nSPS) is 27.2.